The molecule has 8 nitrogen and oxygen atoms in total. The van der Waals surface area contributed by atoms with Crippen molar-refractivity contribution < 1.29 is 9.59 Å². The maximum Gasteiger partial charge on any atom is 0.267 e. The van der Waals surface area contributed by atoms with Gasteiger partial charge in [-0.3, -0.25) is 19.9 Å². The van der Waals surface area contributed by atoms with Gasteiger partial charge >= 0.3 is 0 Å². The van der Waals surface area contributed by atoms with Crippen molar-refractivity contribution >= 4 is 133 Å². The summed E-state index contributed by atoms with van der Waals surface area (Å²) in [6, 6.07) is 7.49. The van der Waals surface area contributed by atoms with Crippen molar-refractivity contribution in [1.82, 2.24) is 9.80 Å². The fourth-order valence-electron chi connectivity index (χ4n) is 3.88. The van der Waals surface area contributed by atoms with Crippen molar-refractivity contribution in [2.24, 2.45) is 14.5 Å². The Hall–Kier alpha value is -2.40. The van der Waals surface area contributed by atoms with E-state index in [0.717, 1.165) is 18.1 Å². The number of amides is 2. The summed E-state index contributed by atoms with van der Waals surface area (Å²) < 4.78 is 11.8. The second kappa shape index (κ2) is 11.2. The molecule has 0 radical (unpaired) electrons. The largest absolute Gasteiger partial charge is 0.396 e. The van der Waals surface area contributed by atoms with E-state index < -0.39 is 0 Å². The first-order valence-electron chi connectivity index (χ1n) is 11.1. The van der Waals surface area contributed by atoms with E-state index in [1.54, 1.807) is 31.1 Å². The molecule has 0 unspecified atom stereocenters. The van der Waals surface area contributed by atoms with Crippen LogP contribution in [0, 0.1) is 5.41 Å². The summed E-state index contributed by atoms with van der Waals surface area (Å²) in [4.78, 5) is 29.3. The van der Waals surface area contributed by atoms with Gasteiger partial charge in [0.1, 0.15) is 15.7 Å². The number of carbonyl (C=O) groups is 2. The number of thioether (sulfide) groups is 2. The topological polar surface area (TPSA) is 115 Å². The molecular weight excluding hydrogens is 629 g/mol. The highest BCUT2D eigenvalue weighted by Crippen LogP contribution is 2.31. The summed E-state index contributed by atoms with van der Waals surface area (Å²) in [5.41, 5.74) is 8.32. The molecule has 5 rings (SSSR count). The molecule has 2 aromatic heterocycles. The SMILES string of the molecule is CN1CS/C(=c2\cc/c(=C\C3=C(N)C(N=S)=C(/C=c4\cc/c(=C5\SC(=S)N(C)C5=O)s4)C(=N)/C3=N\S)s2)C1=O. The van der Waals surface area contributed by atoms with E-state index in [4.69, 9.17) is 35.8 Å². The second-order valence-corrected chi connectivity index (χ2v) is 13.6. The lowest BCUT2D eigenvalue weighted by molar-refractivity contribution is -0.122. The smallest absolute Gasteiger partial charge is 0.267 e. The molecule has 0 bridgehead atoms. The highest BCUT2D eigenvalue weighted by Gasteiger charge is 2.30. The Balaban J connectivity index is 1.62. The predicted octanol–water partition coefficient (Wildman–Crippen LogP) is 1.46. The quantitative estimate of drug-likeness (QED) is 0.263. The Labute approximate surface area is 255 Å². The van der Waals surface area contributed by atoms with E-state index in [-0.39, 0.29) is 34.6 Å². The maximum absolute atomic E-state index is 12.5. The Morgan fingerprint density at radius 1 is 1.03 bits per heavy atom. The molecule has 0 aromatic carbocycles. The van der Waals surface area contributed by atoms with Crippen LogP contribution in [0.4, 0.5) is 0 Å². The summed E-state index contributed by atoms with van der Waals surface area (Å²) in [5, 5.41) is 8.90. The Morgan fingerprint density at radius 2 is 1.64 bits per heavy atom. The van der Waals surface area contributed by atoms with Crippen LogP contribution >= 0.6 is 71.2 Å². The number of nitrogens with two attached hydrogens (primary N) is 1. The summed E-state index contributed by atoms with van der Waals surface area (Å²) in [7, 11) is 3.43. The van der Waals surface area contributed by atoms with Gasteiger partial charge in [-0.1, -0.05) is 35.7 Å². The number of rotatable bonds is 3. The van der Waals surface area contributed by atoms with Crippen LogP contribution in [-0.4, -0.2) is 57.3 Å². The monoisotopic (exact) mass is 646 g/mol. The van der Waals surface area contributed by atoms with Gasteiger partial charge in [-0.05, 0) is 49.2 Å². The molecule has 15 heteroatoms. The van der Waals surface area contributed by atoms with Crippen molar-refractivity contribution in [3.63, 3.8) is 0 Å². The summed E-state index contributed by atoms with van der Waals surface area (Å²) in [6.07, 6.45) is 3.57. The van der Waals surface area contributed by atoms with Crippen LogP contribution in [0.15, 0.2) is 55.6 Å². The van der Waals surface area contributed by atoms with Crippen LogP contribution in [0.2, 0.25) is 0 Å². The molecule has 2 saturated heterocycles. The first kappa shape index (κ1) is 28.1. The Kier molecular flexibility index (Phi) is 8.10. The van der Waals surface area contributed by atoms with E-state index in [2.05, 4.69) is 21.6 Å². The molecule has 2 fully saturated rings. The Bertz CT molecular complexity index is 1850. The average molecular weight is 647 g/mol. The molecule has 4 heterocycles. The third kappa shape index (κ3) is 5.12. The van der Waals surface area contributed by atoms with Crippen molar-refractivity contribution in [3.8, 4) is 0 Å². The lowest BCUT2D eigenvalue weighted by atomic mass is 9.89. The third-order valence-electron chi connectivity index (χ3n) is 5.93. The molecule has 2 aromatic rings. The predicted molar refractivity (Wildman–Crippen MR) is 173 cm³/mol. The molecule has 3 N–H and O–H groups in total. The van der Waals surface area contributed by atoms with E-state index >= 15 is 0 Å². The van der Waals surface area contributed by atoms with Crippen LogP contribution < -0.4 is 23.9 Å². The number of hydrogen-bond donors (Lipinski definition) is 3. The van der Waals surface area contributed by atoms with Gasteiger partial charge in [0.25, 0.3) is 11.8 Å². The van der Waals surface area contributed by atoms with E-state index in [9.17, 15) is 9.59 Å². The van der Waals surface area contributed by atoms with E-state index in [1.807, 2.05) is 24.3 Å². The molecule has 198 valence electrons. The first-order chi connectivity index (χ1) is 18.6. The zero-order chi connectivity index (χ0) is 28.0. The van der Waals surface area contributed by atoms with Gasteiger partial charge in [-0.15, -0.1) is 22.7 Å². The van der Waals surface area contributed by atoms with Gasteiger partial charge < -0.3 is 10.6 Å². The van der Waals surface area contributed by atoms with Crippen molar-refractivity contribution in [2.45, 2.75) is 0 Å². The summed E-state index contributed by atoms with van der Waals surface area (Å²) in [6.45, 7) is 0. The Morgan fingerprint density at radius 3 is 2.15 bits per heavy atom. The van der Waals surface area contributed by atoms with Crippen molar-refractivity contribution in [3.05, 3.63) is 64.9 Å². The summed E-state index contributed by atoms with van der Waals surface area (Å²) >= 11 is 20.1. The highest BCUT2D eigenvalue weighted by molar-refractivity contribution is 8.30. The van der Waals surface area contributed by atoms with Crippen LogP contribution in [0.5, 0.6) is 0 Å². The number of thiophene rings is 2. The normalized spacial score (nSPS) is 23.5. The minimum absolute atomic E-state index is 0.000227. The lowest BCUT2D eigenvalue weighted by Gasteiger charge is -2.20. The van der Waals surface area contributed by atoms with Crippen LogP contribution in [0.25, 0.3) is 22.0 Å². The number of carbonyl (C=O) groups excluding carboxylic acids is 2. The molecule has 2 aliphatic heterocycles. The molecule has 2 amide bonds. The van der Waals surface area contributed by atoms with Crippen molar-refractivity contribution in [1.29, 1.82) is 5.41 Å². The van der Waals surface area contributed by atoms with Gasteiger partial charge in [0.05, 0.1) is 27.1 Å². The highest BCUT2D eigenvalue weighted by atomic mass is 32.2. The maximum atomic E-state index is 12.5. The van der Waals surface area contributed by atoms with Crippen LogP contribution in [0.3, 0.4) is 0 Å². The number of nitrogens with one attached hydrogen (secondary N) is 1. The zero-order valence-electron chi connectivity index (χ0n) is 20.3. The van der Waals surface area contributed by atoms with Gasteiger partial charge in [0.15, 0.2) is 0 Å². The van der Waals surface area contributed by atoms with Crippen LogP contribution in [0.1, 0.15) is 0 Å². The molecule has 0 spiro atoms. The molecule has 0 atom stereocenters. The fourth-order valence-corrected chi connectivity index (χ4v) is 8.65. The molecule has 39 heavy (non-hydrogen) atoms. The first-order valence-corrected chi connectivity index (χ1v) is 15.7. The summed E-state index contributed by atoms with van der Waals surface area (Å²) in [5.74, 6) is 0.481. The minimum Gasteiger partial charge on any atom is -0.396 e. The number of thiol groups is 1. The molecule has 3 aliphatic rings. The lowest BCUT2D eigenvalue weighted by Crippen LogP contribution is -2.27. The minimum atomic E-state index is -0.140. The van der Waals surface area contributed by atoms with Crippen molar-refractivity contribution in [2.75, 3.05) is 20.0 Å². The third-order valence-corrected chi connectivity index (χ3v) is 11.4. The molecular formula is C24H18N6O2S7. The molecule has 0 saturated carbocycles. The average Bonchev–Trinajstić information content (AvgIpc) is 3.69. The number of hydrogen-bond acceptors (Lipinski definition) is 13. The van der Waals surface area contributed by atoms with Gasteiger partial charge in [-0.2, -0.15) is 4.36 Å². The number of nitrogens with zero attached hydrogens (tertiary/aromatic N) is 4. The fraction of sp³-hybridized carbons (Fsp3) is 0.125. The van der Waals surface area contributed by atoms with Gasteiger partial charge in [0, 0.05) is 55.8 Å². The number of allylic oxidation sites excluding steroid dienone is 2. The van der Waals surface area contributed by atoms with Crippen LogP contribution in [-0.2, 0) is 22.0 Å². The number of thiocarbonyl (C=S) groups is 1. The molecule has 1 aliphatic carbocycles. The van der Waals surface area contributed by atoms with Gasteiger partial charge in [-0.25, -0.2) is 4.40 Å². The van der Waals surface area contributed by atoms with Gasteiger partial charge in [0.2, 0.25) is 0 Å². The second-order valence-electron chi connectivity index (χ2n) is 8.36. The van der Waals surface area contributed by atoms with E-state index in [1.165, 1.54) is 51.1 Å². The standard InChI is InChI=1S/C24H18N6O2S7/c1-29-9-36-20(22(29)31)14-5-3-10(37-14)7-12-16(25)19(28-35)13(17(26)18(12)27-34)8-11-4-6-15(38-11)21-23(32)30(2)24(33)39-21/h3-8,26,34H,9,25H2,1-2H3/b10-7+,11-8+,20-14+,21-15+,26-17?,27-18-. The van der Waals surface area contributed by atoms with E-state index in [0.29, 0.717) is 31.2 Å². The zero-order valence-corrected chi connectivity index (χ0v) is 26.0.